The summed E-state index contributed by atoms with van der Waals surface area (Å²) in [5.41, 5.74) is 2.61. The summed E-state index contributed by atoms with van der Waals surface area (Å²) in [4.78, 5) is 0. The molecule has 0 atom stereocenters. The molecule has 0 amide bonds. The van der Waals surface area contributed by atoms with Gasteiger partial charge in [-0.1, -0.05) is 37.5 Å². The Balaban J connectivity index is 1.84. The second kappa shape index (κ2) is 5.45. The van der Waals surface area contributed by atoms with E-state index in [0.717, 1.165) is 5.25 Å². The minimum absolute atomic E-state index is 0.818. The molecule has 2 rings (SSSR count). The molecule has 15 heavy (non-hydrogen) atoms. The third-order valence-electron chi connectivity index (χ3n) is 3.03. The monoisotopic (exact) mass is 221 g/mol. The number of rotatable bonds is 3. The number of nitrogens with one attached hydrogen (secondary N) is 1. The first-order valence-corrected chi connectivity index (χ1v) is 6.71. The Morgan fingerprint density at radius 2 is 1.87 bits per heavy atom. The van der Waals surface area contributed by atoms with Crippen molar-refractivity contribution < 1.29 is 0 Å². The van der Waals surface area contributed by atoms with Crippen molar-refractivity contribution in [2.75, 3.05) is 4.72 Å². The molecule has 1 aromatic rings. The van der Waals surface area contributed by atoms with Gasteiger partial charge in [-0.25, -0.2) is 0 Å². The van der Waals surface area contributed by atoms with E-state index in [4.69, 9.17) is 0 Å². The Bertz CT molecular complexity index is 305. The fraction of sp³-hybridized carbons (Fsp3) is 0.538. The van der Waals surface area contributed by atoms with Crippen molar-refractivity contribution in [3.8, 4) is 0 Å². The van der Waals surface area contributed by atoms with Crippen LogP contribution in [0.3, 0.4) is 0 Å². The Morgan fingerprint density at radius 1 is 1.13 bits per heavy atom. The highest BCUT2D eigenvalue weighted by Crippen LogP contribution is 2.29. The normalized spacial score (nSPS) is 17.7. The van der Waals surface area contributed by atoms with Crippen LogP contribution < -0.4 is 4.72 Å². The van der Waals surface area contributed by atoms with Crippen LogP contribution in [0.1, 0.15) is 37.7 Å². The molecule has 1 N–H and O–H groups in total. The molecule has 2 heteroatoms. The first kappa shape index (κ1) is 10.9. The van der Waals surface area contributed by atoms with Gasteiger partial charge >= 0.3 is 0 Å². The third kappa shape index (κ3) is 3.16. The molecular formula is C13H19NS. The highest BCUT2D eigenvalue weighted by molar-refractivity contribution is 8.01. The minimum Gasteiger partial charge on any atom is -0.329 e. The molecule has 0 radical (unpaired) electrons. The van der Waals surface area contributed by atoms with E-state index >= 15 is 0 Å². The standard InChI is InChI=1S/C13H19NS/c1-11-7-5-6-10-13(11)14-15-12-8-3-2-4-9-12/h5-7,10,12,14H,2-4,8-9H2,1H3. The van der Waals surface area contributed by atoms with Crippen LogP contribution in [-0.4, -0.2) is 5.25 Å². The Kier molecular flexibility index (Phi) is 3.95. The lowest BCUT2D eigenvalue weighted by atomic mass is 10.0. The van der Waals surface area contributed by atoms with E-state index in [1.807, 2.05) is 11.9 Å². The summed E-state index contributed by atoms with van der Waals surface area (Å²) in [6, 6.07) is 8.50. The number of aryl methyl sites for hydroxylation is 1. The lowest BCUT2D eigenvalue weighted by molar-refractivity contribution is 0.516. The number of hydrogen-bond donors (Lipinski definition) is 1. The quantitative estimate of drug-likeness (QED) is 0.760. The summed E-state index contributed by atoms with van der Waals surface area (Å²) in [5, 5.41) is 0.818. The van der Waals surface area contributed by atoms with E-state index in [-0.39, 0.29) is 0 Å². The molecule has 1 saturated carbocycles. The second-order valence-electron chi connectivity index (χ2n) is 4.29. The minimum atomic E-state index is 0.818. The topological polar surface area (TPSA) is 12.0 Å². The smallest absolute Gasteiger partial charge is 0.0469 e. The van der Waals surface area contributed by atoms with Gasteiger partial charge in [-0.3, -0.25) is 0 Å². The molecule has 0 bridgehead atoms. The molecule has 0 unspecified atom stereocenters. The molecule has 0 aliphatic heterocycles. The fourth-order valence-electron chi connectivity index (χ4n) is 2.02. The van der Waals surface area contributed by atoms with Crippen molar-refractivity contribution in [1.82, 2.24) is 0 Å². The average Bonchev–Trinajstić information content (AvgIpc) is 2.29. The van der Waals surface area contributed by atoms with Crippen LogP contribution in [0, 0.1) is 6.92 Å². The van der Waals surface area contributed by atoms with Gasteiger partial charge in [-0.2, -0.15) is 0 Å². The number of para-hydroxylation sites is 1. The van der Waals surface area contributed by atoms with E-state index in [1.165, 1.54) is 43.4 Å². The highest BCUT2D eigenvalue weighted by Gasteiger charge is 2.13. The van der Waals surface area contributed by atoms with Crippen LogP contribution in [-0.2, 0) is 0 Å². The highest BCUT2D eigenvalue weighted by atomic mass is 32.2. The van der Waals surface area contributed by atoms with E-state index in [9.17, 15) is 0 Å². The van der Waals surface area contributed by atoms with Gasteiger partial charge in [0.2, 0.25) is 0 Å². The van der Waals surface area contributed by atoms with Gasteiger partial charge in [0.05, 0.1) is 0 Å². The van der Waals surface area contributed by atoms with E-state index in [1.54, 1.807) is 0 Å². The van der Waals surface area contributed by atoms with Crippen LogP contribution >= 0.6 is 11.9 Å². The van der Waals surface area contributed by atoms with Crippen molar-refractivity contribution >= 4 is 17.6 Å². The number of anilines is 1. The number of benzene rings is 1. The van der Waals surface area contributed by atoms with Crippen LogP contribution in [0.25, 0.3) is 0 Å². The SMILES string of the molecule is Cc1ccccc1NSC1CCCCC1. The van der Waals surface area contributed by atoms with Crippen LogP contribution in [0.2, 0.25) is 0 Å². The van der Waals surface area contributed by atoms with Crippen molar-refractivity contribution in [3.63, 3.8) is 0 Å². The molecular weight excluding hydrogens is 202 g/mol. The maximum Gasteiger partial charge on any atom is 0.0469 e. The zero-order valence-corrected chi connectivity index (χ0v) is 10.1. The fourth-order valence-corrected chi connectivity index (χ4v) is 3.11. The predicted molar refractivity (Wildman–Crippen MR) is 69.3 cm³/mol. The first-order chi connectivity index (χ1) is 7.36. The van der Waals surface area contributed by atoms with E-state index in [2.05, 4.69) is 35.9 Å². The van der Waals surface area contributed by atoms with Crippen molar-refractivity contribution in [1.29, 1.82) is 0 Å². The molecule has 1 aromatic carbocycles. The summed E-state index contributed by atoms with van der Waals surface area (Å²) >= 11 is 1.91. The van der Waals surface area contributed by atoms with Gasteiger partial charge in [0.1, 0.15) is 0 Å². The maximum absolute atomic E-state index is 3.50. The molecule has 0 aromatic heterocycles. The predicted octanol–water partition coefficient (Wildman–Crippen LogP) is 4.39. The molecule has 1 aliphatic carbocycles. The summed E-state index contributed by atoms with van der Waals surface area (Å²) in [6.45, 7) is 2.16. The van der Waals surface area contributed by atoms with Crippen LogP contribution in [0.15, 0.2) is 24.3 Å². The molecule has 82 valence electrons. The molecule has 0 saturated heterocycles. The summed E-state index contributed by atoms with van der Waals surface area (Å²) in [7, 11) is 0. The van der Waals surface area contributed by atoms with Gasteiger partial charge in [0.25, 0.3) is 0 Å². The van der Waals surface area contributed by atoms with E-state index < -0.39 is 0 Å². The van der Waals surface area contributed by atoms with Crippen LogP contribution in [0.4, 0.5) is 5.69 Å². The van der Waals surface area contributed by atoms with Crippen molar-refractivity contribution in [2.24, 2.45) is 0 Å². The Morgan fingerprint density at radius 3 is 2.60 bits per heavy atom. The third-order valence-corrected chi connectivity index (χ3v) is 4.18. The summed E-state index contributed by atoms with van der Waals surface area (Å²) < 4.78 is 3.50. The van der Waals surface area contributed by atoms with Crippen molar-refractivity contribution in [3.05, 3.63) is 29.8 Å². The first-order valence-electron chi connectivity index (χ1n) is 5.83. The van der Waals surface area contributed by atoms with Crippen LogP contribution in [0.5, 0.6) is 0 Å². The van der Waals surface area contributed by atoms with Gasteiger partial charge in [0, 0.05) is 10.9 Å². The van der Waals surface area contributed by atoms with Gasteiger partial charge in [0.15, 0.2) is 0 Å². The molecule has 0 heterocycles. The Labute approximate surface area is 96.8 Å². The van der Waals surface area contributed by atoms with Gasteiger partial charge in [-0.15, -0.1) is 0 Å². The molecule has 0 spiro atoms. The Hall–Kier alpha value is -0.630. The number of hydrogen-bond acceptors (Lipinski definition) is 2. The summed E-state index contributed by atoms with van der Waals surface area (Å²) in [5.74, 6) is 0. The zero-order valence-electron chi connectivity index (χ0n) is 9.33. The maximum atomic E-state index is 3.50. The second-order valence-corrected chi connectivity index (χ2v) is 5.40. The zero-order chi connectivity index (χ0) is 10.5. The lowest BCUT2D eigenvalue weighted by Gasteiger charge is -2.21. The average molecular weight is 221 g/mol. The largest absolute Gasteiger partial charge is 0.329 e. The molecule has 1 aliphatic rings. The lowest BCUT2D eigenvalue weighted by Crippen LogP contribution is -2.10. The van der Waals surface area contributed by atoms with Gasteiger partial charge in [-0.05, 0) is 43.3 Å². The van der Waals surface area contributed by atoms with Crippen molar-refractivity contribution in [2.45, 2.75) is 44.3 Å². The van der Waals surface area contributed by atoms with E-state index in [0.29, 0.717) is 0 Å². The molecule has 1 fully saturated rings. The van der Waals surface area contributed by atoms with Gasteiger partial charge < -0.3 is 4.72 Å². The molecule has 1 nitrogen and oxygen atoms in total. The summed E-state index contributed by atoms with van der Waals surface area (Å²) in [6.07, 6.45) is 7.01.